The summed E-state index contributed by atoms with van der Waals surface area (Å²) in [4.78, 5) is 1.40. The van der Waals surface area contributed by atoms with E-state index in [1.807, 2.05) is 55.3 Å². The average Bonchev–Trinajstić information content (AvgIpc) is 3.76. The Morgan fingerprint density at radius 3 is 1.80 bits per heavy atom. The lowest BCUT2D eigenvalue weighted by molar-refractivity contribution is 0.396. The van der Waals surface area contributed by atoms with Crippen molar-refractivity contribution in [1.82, 2.24) is 40.0 Å². The number of nitrogens with one attached hydrogen (secondary N) is 1. The van der Waals surface area contributed by atoms with E-state index in [1.165, 1.54) is 26.5 Å². The maximum Gasteiger partial charge on any atom is 0.284 e. The Kier molecular flexibility index (Phi) is 14.4. The smallest absolute Gasteiger partial charge is 0.284 e. The molecule has 0 unspecified atom stereocenters. The summed E-state index contributed by atoms with van der Waals surface area (Å²) in [6.07, 6.45) is 0. The van der Waals surface area contributed by atoms with Crippen molar-refractivity contribution in [2.45, 2.75) is 72.2 Å². The number of rotatable bonds is 6. The van der Waals surface area contributed by atoms with Gasteiger partial charge >= 0.3 is 0 Å². The van der Waals surface area contributed by atoms with Gasteiger partial charge in [-0.3, -0.25) is 9.36 Å². The second kappa shape index (κ2) is 17.5. The van der Waals surface area contributed by atoms with E-state index in [0.29, 0.717) is 30.1 Å². The summed E-state index contributed by atoms with van der Waals surface area (Å²) in [5.74, 6) is 1.08. The fourth-order valence-electron chi connectivity index (χ4n) is 3.90. The number of hydrogen-bond acceptors (Lipinski definition) is 9. The van der Waals surface area contributed by atoms with E-state index in [9.17, 15) is 0 Å². The maximum absolute atomic E-state index is 5.72. The van der Waals surface area contributed by atoms with E-state index >= 15 is 0 Å². The molecule has 10 nitrogen and oxygen atoms in total. The second-order valence-corrected chi connectivity index (χ2v) is 14.0. The summed E-state index contributed by atoms with van der Waals surface area (Å²) in [6, 6.07) is 16.4. The number of nitrogens with zero attached hydrogens (tertiary/aromatic N) is 7. The van der Waals surface area contributed by atoms with Gasteiger partial charge in [-0.1, -0.05) is 43.8 Å². The molecule has 6 aromatic rings. The molecule has 4 heterocycles. The maximum atomic E-state index is 5.72. The number of aryl methyl sites for hydroxylation is 4. The quantitative estimate of drug-likeness (QED) is 0.129. The molecule has 0 fully saturated rings. The third-order valence-corrected chi connectivity index (χ3v) is 11.2. The van der Waals surface area contributed by atoms with Gasteiger partial charge in [0, 0.05) is 9.89 Å². The van der Waals surface area contributed by atoms with E-state index in [4.69, 9.17) is 21.1 Å². The highest BCUT2D eigenvalue weighted by atomic mass is 127. The van der Waals surface area contributed by atoms with Crippen LogP contribution in [0.5, 0.6) is 0 Å². The highest BCUT2D eigenvalue weighted by Gasteiger charge is 2.14. The predicted molar refractivity (Wildman–Crippen MR) is 201 cm³/mol. The Balaban J connectivity index is 0.000000266. The van der Waals surface area contributed by atoms with Crippen LogP contribution in [0.3, 0.4) is 0 Å². The Morgan fingerprint density at radius 1 is 0.804 bits per heavy atom. The third-order valence-electron chi connectivity index (χ3n) is 6.45. The van der Waals surface area contributed by atoms with Gasteiger partial charge in [0.25, 0.3) is 10.1 Å². The van der Waals surface area contributed by atoms with Crippen molar-refractivity contribution in [2.75, 3.05) is 0 Å². The molecule has 246 valence electrons. The van der Waals surface area contributed by atoms with Gasteiger partial charge in [0.05, 0.1) is 31.7 Å². The lowest BCUT2D eigenvalue weighted by Gasteiger charge is -2.01. The highest BCUT2D eigenvalue weighted by molar-refractivity contribution is 14.1. The van der Waals surface area contributed by atoms with Gasteiger partial charge < -0.3 is 8.83 Å². The van der Waals surface area contributed by atoms with Crippen molar-refractivity contribution in [3.05, 3.63) is 112 Å². The van der Waals surface area contributed by atoms with Crippen LogP contribution in [-0.2, 0) is 13.1 Å². The Hall–Kier alpha value is -2.60. The fourth-order valence-corrected chi connectivity index (χ4v) is 5.78. The fraction of sp³-hybridized carbons (Fsp3) is 0.290. The molecule has 0 spiro atoms. The Morgan fingerprint density at radius 2 is 1.35 bits per heavy atom. The molecule has 0 bridgehead atoms. The molecular weight excluding hydrogens is 867 g/mol. The van der Waals surface area contributed by atoms with E-state index in [2.05, 4.69) is 129 Å². The van der Waals surface area contributed by atoms with Crippen molar-refractivity contribution in [3.63, 3.8) is 0 Å². The third kappa shape index (κ3) is 10.2. The SMILES string of the molecule is C.Cc1ccccc1I.Cc1ccccc1Sc1nnc(Cn2nc(C)c(Br)c2C)o1.Cc1nn(Cc2n[nH]c(=S)o2)c(C)c1Br.[2HH]. The first kappa shape index (κ1) is 37.9. The molecular formula is C31H37Br2IN8O2S2. The molecule has 0 saturated heterocycles. The molecule has 15 heteroatoms. The minimum Gasteiger partial charge on any atom is -0.414 e. The zero-order valence-corrected chi connectivity index (χ0v) is 32.4. The van der Waals surface area contributed by atoms with E-state index in [0.717, 1.165) is 36.6 Å². The van der Waals surface area contributed by atoms with Gasteiger partial charge in [-0.05, 0) is 143 Å². The number of aromatic amines is 1. The molecule has 46 heavy (non-hydrogen) atoms. The van der Waals surface area contributed by atoms with E-state index < -0.39 is 0 Å². The van der Waals surface area contributed by atoms with Crippen LogP contribution in [0.25, 0.3) is 0 Å². The lowest BCUT2D eigenvalue weighted by atomic mass is 10.2. The largest absolute Gasteiger partial charge is 0.414 e. The van der Waals surface area contributed by atoms with Crippen molar-refractivity contribution >= 4 is 78.4 Å². The minimum absolute atomic E-state index is 0. The van der Waals surface area contributed by atoms with Crippen molar-refractivity contribution in [1.29, 1.82) is 0 Å². The molecule has 4 aromatic heterocycles. The van der Waals surface area contributed by atoms with Crippen LogP contribution in [0.15, 0.2) is 76.4 Å². The standard InChI is InChI=1S/C15H15BrN4OS.C8H9BrN4OS.C7H7I.CH4.H2/c1-9-6-4-5-7-12(9)22-15-18-17-13(21-15)8-20-11(3)14(16)10(2)19-20;1-4-7(9)5(2)13(12-4)3-6-10-11-8(15)14-6;1-6-4-2-3-5-7(6)8;;/h4-7H,8H2,1-3H3;3H2,1-2H3,(H,11,15);2-5H,1H3;1H4;1H/i;;;;1+1. The number of halogens is 3. The molecule has 0 saturated carbocycles. The van der Waals surface area contributed by atoms with Gasteiger partial charge in [-0.2, -0.15) is 10.2 Å². The first-order chi connectivity index (χ1) is 21.4. The van der Waals surface area contributed by atoms with Gasteiger partial charge in [0.15, 0.2) is 0 Å². The van der Waals surface area contributed by atoms with Crippen LogP contribution in [0.1, 0.15) is 54.5 Å². The van der Waals surface area contributed by atoms with Crippen LogP contribution in [0.2, 0.25) is 0 Å². The monoisotopic (exact) mass is 903 g/mol. The van der Waals surface area contributed by atoms with Gasteiger partial charge in [0.2, 0.25) is 11.8 Å². The van der Waals surface area contributed by atoms with Gasteiger partial charge in [-0.15, -0.1) is 15.3 Å². The first-order valence-electron chi connectivity index (χ1n) is 13.6. The zero-order valence-electron chi connectivity index (χ0n) is 25.4. The summed E-state index contributed by atoms with van der Waals surface area (Å²) in [5, 5.41) is 24.0. The number of H-pyrrole nitrogens is 1. The topological polar surface area (TPSA) is 116 Å². The summed E-state index contributed by atoms with van der Waals surface area (Å²) >= 11 is 15.6. The Labute approximate surface area is 310 Å². The molecule has 1 N–H and O–H groups in total. The van der Waals surface area contributed by atoms with Crippen LogP contribution in [0, 0.1) is 49.9 Å². The molecule has 0 aliphatic heterocycles. The van der Waals surface area contributed by atoms with Crippen molar-refractivity contribution < 1.29 is 10.3 Å². The van der Waals surface area contributed by atoms with E-state index in [1.54, 1.807) is 0 Å². The van der Waals surface area contributed by atoms with Gasteiger partial charge in [0.1, 0.15) is 13.1 Å². The highest BCUT2D eigenvalue weighted by Crippen LogP contribution is 2.29. The predicted octanol–water partition coefficient (Wildman–Crippen LogP) is 9.99. The zero-order chi connectivity index (χ0) is 32.7. The molecule has 6 rings (SSSR count). The molecule has 0 amide bonds. The molecule has 0 aliphatic carbocycles. The number of benzene rings is 2. The number of aromatic nitrogens is 8. The van der Waals surface area contributed by atoms with Crippen LogP contribution >= 0.6 is 78.4 Å². The molecule has 0 aliphatic rings. The summed E-state index contributed by atoms with van der Waals surface area (Å²) < 4.78 is 17.9. The van der Waals surface area contributed by atoms with E-state index in [-0.39, 0.29) is 13.7 Å². The average molecular weight is 906 g/mol. The van der Waals surface area contributed by atoms with Crippen molar-refractivity contribution in [3.8, 4) is 0 Å². The molecule has 0 atom stereocenters. The summed E-state index contributed by atoms with van der Waals surface area (Å²) in [6.45, 7) is 13.0. The van der Waals surface area contributed by atoms with Crippen molar-refractivity contribution in [2.24, 2.45) is 0 Å². The Bertz CT molecular complexity index is 1930. The summed E-state index contributed by atoms with van der Waals surface area (Å²) in [7, 11) is 0. The van der Waals surface area contributed by atoms with Crippen LogP contribution in [-0.4, -0.2) is 40.0 Å². The minimum atomic E-state index is 0. The van der Waals surface area contributed by atoms with Crippen LogP contribution < -0.4 is 0 Å². The normalized spacial score (nSPS) is 10.5. The second-order valence-electron chi connectivity index (χ2n) is 9.87. The lowest BCUT2D eigenvalue weighted by Crippen LogP contribution is -2.04. The molecule has 0 radical (unpaired) electrons. The summed E-state index contributed by atoms with van der Waals surface area (Å²) in [5.41, 5.74) is 6.52. The molecule has 2 aromatic carbocycles. The van der Waals surface area contributed by atoms with Crippen LogP contribution in [0.4, 0.5) is 0 Å². The first-order valence-corrected chi connectivity index (χ1v) is 17.5. The number of hydrogen-bond donors (Lipinski definition) is 1. The van der Waals surface area contributed by atoms with Gasteiger partial charge in [-0.25, -0.2) is 5.10 Å².